The minimum absolute atomic E-state index is 0.577. The van der Waals surface area contributed by atoms with E-state index in [-0.39, 0.29) is 0 Å². The van der Waals surface area contributed by atoms with Crippen LogP contribution in [0.2, 0.25) is 0 Å². The molecule has 0 unspecified atom stereocenters. The number of hydrogen-bond acceptors (Lipinski definition) is 0. The first-order valence-corrected chi connectivity index (χ1v) is 4.70. The van der Waals surface area contributed by atoms with Gasteiger partial charge in [0.05, 0.1) is 0 Å². The molecule has 12 heavy (non-hydrogen) atoms. The maximum absolute atomic E-state index is 4.13. The van der Waals surface area contributed by atoms with Crippen molar-refractivity contribution in [3.8, 4) is 0 Å². The minimum Gasteiger partial charge on any atom is -0.0988 e. The molecule has 0 spiro atoms. The fourth-order valence-electron chi connectivity index (χ4n) is 1.71. The molecule has 0 heteroatoms. The lowest BCUT2D eigenvalue weighted by molar-refractivity contribution is 0.767. The van der Waals surface area contributed by atoms with Crippen molar-refractivity contribution in [1.29, 1.82) is 0 Å². The lowest BCUT2D eigenvalue weighted by Gasteiger charge is -2.11. The molecule has 1 aliphatic rings. The lowest BCUT2D eigenvalue weighted by Crippen LogP contribution is -1.95. The van der Waals surface area contributed by atoms with Gasteiger partial charge in [-0.2, -0.15) is 0 Å². The second-order valence-electron chi connectivity index (χ2n) is 3.74. The van der Waals surface area contributed by atoms with Gasteiger partial charge in [0.2, 0.25) is 0 Å². The Morgan fingerprint density at radius 1 is 1.42 bits per heavy atom. The van der Waals surface area contributed by atoms with E-state index in [4.69, 9.17) is 0 Å². The third kappa shape index (κ3) is 1.69. The highest BCUT2D eigenvalue weighted by Crippen LogP contribution is 2.33. The Hall–Kier alpha value is -0.780. The number of rotatable bonds is 3. The molecule has 0 fully saturated rings. The van der Waals surface area contributed by atoms with Crippen LogP contribution in [0.3, 0.4) is 0 Å². The van der Waals surface area contributed by atoms with Crippen molar-refractivity contribution in [1.82, 2.24) is 0 Å². The first-order chi connectivity index (χ1) is 5.66. The highest BCUT2D eigenvalue weighted by molar-refractivity contribution is 5.41. The molecule has 0 saturated heterocycles. The van der Waals surface area contributed by atoms with E-state index in [0.29, 0.717) is 5.92 Å². The summed E-state index contributed by atoms with van der Waals surface area (Å²) in [5.74, 6) is 0.577. The van der Waals surface area contributed by atoms with Gasteiger partial charge in [-0.1, -0.05) is 33.1 Å². The molecule has 66 valence electrons. The van der Waals surface area contributed by atoms with Crippen molar-refractivity contribution < 1.29 is 0 Å². The van der Waals surface area contributed by atoms with Crippen LogP contribution in [0.4, 0.5) is 0 Å². The third-order valence-electron chi connectivity index (χ3n) is 2.59. The van der Waals surface area contributed by atoms with E-state index < -0.39 is 0 Å². The summed E-state index contributed by atoms with van der Waals surface area (Å²) in [5.41, 5.74) is 4.20. The summed E-state index contributed by atoms with van der Waals surface area (Å²) >= 11 is 0. The summed E-state index contributed by atoms with van der Waals surface area (Å²) in [5, 5.41) is 0. The van der Waals surface area contributed by atoms with E-state index in [1.54, 1.807) is 0 Å². The fourth-order valence-corrected chi connectivity index (χ4v) is 1.71. The first-order valence-electron chi connectivity index (χ1n) is 4.70. The van der Waals surface area contributed by atoms with E-state index in [2.05, 4.69) is 27.0 Å². The highest BCUT2D eigenvalue weighted by Gasteiger charge is 2.15. The molecule has 0 bridgehead atoms. The second-order valence-corrected chi connectivity index (χ2v) is 3.74. The standard InChI is InChI=1S/C12H18/c1-5-11-7-6-8-12(11)10(4)9(2)3/h5,9H,1,4,6-8H2,2-3H3. The normalized spacial score (nSPS) is 17.2. The molecule has 0 aromatic heterocycles. The molecule has 0 N–H and O–H groups in total. The average molecular weight is 162 g/mol. The zero-order valence-electron chi connectivity index (χ0n) is 8.19. The van der Waals surface area contributed by atoms with E-state index in [0.717, 1.165) is 0 Å². The molecule has 0 aromatic carbocycles. The van der Waals surface area contributed by atoms with Crippen LogP contribution >= 0.6 is 0 Å². The molecule has 0 saturated carbocycles. The van der Waals surface area contributed by atoms with Crippen LogP contribution in [0.5, 0.6) is 0 Å². The summed E-state index contributed by atoms with van der Waals surface area (Å²) in [6, 6.07) is 0. The van der Waals surface area contributed by atoms with Gasteiger partial charge < -0.3 is 0 Å². The summed E-state index contributed by atoms with van der Waals surface area (Å²) in [4.78, 5) is 0. The maximum atomic E-state index is 4.13. The fraction of sp³-hybridized carbons (Fsp3) is 0.500. The summed E-state index contributed by atoms with van der Waals surface area (Å²) < 4.78 is 0. The highest BCUT2D eigenvalue weighted by atomic mass is 14.2. The SMILES string of the molecule is C=CC1=C(C(=C)C(C)C)CCC1. The van der Waals surface area contributed by atoms with Crippen molar-refractivity contribution in [2.45, 2.75) is 33.1 Å². The molecule has 1 rings (SSSR count). The average Bonchev–Trinajstić information content (AvgIpc) is 2.49. The summed E-state index contributed by atoms with van der Waals surface area (Å²) in [7, 11) is 0. The number of hydrogen-bond donors (Lipinski definition) is 0. The minimum atomic E-state index is 0.577. The van der Waals surface area contributed by atoms with Gasteiger partial charge in [-0.25, -0.2) is 0 Å². The Morgan fingerprint density at radius 3 is 2.58 bits per heavy atom. The predicted molar refractivity (Wildman–Crippen MR) is 55.1 cm³/mol. The van der Waals surface area contributed by atoms with Crippen LogP contribution < -0.4 is 0 Å². The van der Waals surface area contributed by atoms with Gasteiger partial charge in [0.1, 0.15) is 0 Å². The third-order valence-corrected chi connectivity index (χ3v) is 2.59. The van der Waals surface area contributed by atoms with Gasteiger partial charge in [0.25, 0.3) is 0 Å². The van der Waals surface area contributed by atoms with Crippen LogP contribution in [-0.2, 0) is 0 Å². The Labute approximate surface area is 75.7 Å². The summed E-state index contributed by atoms with van der Waals surface area (Å²) in [6.07, 6.45) is 5.68. The Kier molecular flexibility index (Phi) is 2.91. The molecule has 0 aromatic rings. The maximum Gasteiger partial charge on any atom is -0.0222 e. The quantitative estimate of drug-likeness (QED) is 0.591. The molecule has 0 nitrogen and oxygen atoms in total. The molecular formula is C12H18. The molecule has 1 aliphatic carbocycles. The zero-order valence-corrected chi connectivity index (χ0v) is 8.19. The van der Waals surface area contributed by atoms with Crippen LogP contribution in [0.25, 0.3) is 0 Å². The largest absolute Gasteiger partial charge is 0.0988 e. The summed E-state index contributed by atoms with van der Waals surface area (Å²) in [6.45, 7) is 12.4. The van der Waals surface area contributed by atoms with E-state index in [1.165, 1.54) is 36.0 Å². The van der Waals surface area contributed by atoms with E-state index >= 15 is 0 Å². The molecular weight excluding hydrogens is 144 g/mol. The van der Waals surface area contributed by atoms with Crippen LogP contribution in [-0.4, -0.2) is 0 Å². The van der Waals surface area contributed by atoms with Crippen molar-refractivity contribution in [3.05, 3.63) is 36.0 Å². The van der Waals surface area contributed by atoms with Crippen molar-refractivity contribution >= 4 is 0 Å². The smallest absolute Gasteiger partial charge is 0.0222 e. The van der Waals surface area contributed by atoms with Gasteiger partial charge in [0.15, 0.2) is 0 Å². The number of allylic oxidation sites excluding steroid dienone is 4. The Bertz CT molecular complexity index is 228. The monoisotopic (exact) mass is 162 g/mol. The second kappa shape index (κ2) is 3.75. The van der Waals surface area contributed by atoms with Gasteiger partial charge in [-0.3, -0.25) is 0 Å². The topological polar surface area (TPSA) is 0 Å². The van der Waals surface area contributed by atoms with E-state index in [1.807, 2.05) is 6.08 Å². The van der Waals surface area contributed by atoms with Crippen LogP contribution in [0.1, 0.15) is 33.1 Å². The van der Waals surface area contributed by atoms with Crippen LogP contribution in [0.15, 0.2) is 36.0 Å². The Morgan fingerprint density at radius 2 is 2.08 bits per heavy atom. The van der Waals surface area contributed by atoms with Gasteiger partial charge >= 0.3 is 0 Å². The molecule has 0 radical (unpaired) electrons. The van der Waals surface area contributed by atoms with Gasteiger partial charge in [-0.15, -0.1) is 0 Å². The zero-order chi connectivity index (χ0) is 9.14. The molecule has 0 heterocycles. The van der Waals surface area contributed by atoms with Crippen LogP contribution in [0, 0.1) is 5.92 Å². The van der Waals surface area contributed by atoms with Crippen molar-refractivity contribution in [2.24, 2.45) is 5.92 Å². The molecule has 0 amide bonds. The predicted octanol–water partition coefficient (Wildman–Crippen LogP) is 3.87. The van der Waals surface area contributed by atoms with Crippen molar-refractivity contribution in [3.63, 3.8) is 0 Å². The van der Waals surface area contributed by atoms with E-state index in [9.17, 15) is 0 Å². The molecule has 0 aliphatic heterocycles. The Balaban J connectivity index is 2.85. The van der Waals surface area contributed by atoms with Gasteiger partial charge in [-0.05, 0) is 41.9 Å². The first kappa shape index (κ1) is 9.31. The van der Waals surface area contributed by atoms with Gasteiger partial charge in [0, 0.05) is 0 Å². The van der Waals surface area contributed by atoms with Crippen molar-refractivity contribution in [2.75, 3.05) is 0 Å². The lowest BCUT2D eigenvalue weighted by atomic mass is 9.94. The molecule has 0 atom stereocenters.